The minimum absolute atomic E-state index is 0.861. The summed E-state index contributed by atoms with van der Waals surface area (Å²) in [4.78, 5) is 22.2. The lowest BCUT2D eigenvalue weighted by Gasteiger charge is -2.10. The predicted molar refractivity (Wildman–Crippen MR) is 163 cm³/mol. The van der Waals surface area contributed by atoms with E-state index in [9.17, 15) is 0 Å². The highest BCUT2D eigenvalue weighted by atomic mass is 14.9. The number of benzene rings is 1. The molecular formula is C34H34N6. The van der Waals surface area contributed by atoms with Crippen LogP contribution in [-0.2, 0) is 0 Å². The van der Waals surface area contributed by atoms with E-state index < -0.39 is 0 Å². The van der Waals surface area contributed by atoms with Gasteiger partial charge in [-0.05, 0) is 62.4 Å². The van der Waals surface area contributed by atoms with Crippen molar-refractivity contribution in [3.05, 3.63) is 107 Å². The zero-order chi connectivity index (χ0) is 27.5. The standard InChI is InChI=1S/C28H22N6.C6H12/c1-3-10-30-20-13-19(15-29-16-20)22-7-8-24-27(33-22)28(34-24)25-14-21-23(32-25)9-11-31-26(21)18-6-4-5-17(2)12-18;1-6-4-2-3-5-6/h3-16,30,32H,1-2H3;6H,2-5H2,1H3/b10-3-;. The maximum Gasteiger partial charge on any atom is 0.117 e. The van der Waals surface area contributed by atoms with Gasteiger partial charge < -0.3 is 10.3 Å². The molecule has 0 spiro atoms. The van der Waals surface area contributed by atoms with Crippen LogP contribution in [0.1, 0.15) is 50.8 Å². The Morgan fingerprint density at radius 2 is 1.85 bits per heavy atom. The SMILES string of the molecule is C/C=C\Nc1cncc(-c2ccc3c(n2)=C(c2cc4c(-c5cccc(C)c5)nccc4[nH]2)N=3)c1.CC1CCCC1. The fraction of sp³-hybridized carbons (Fsp3) is 0.235. The summed E-state index contributed by atoms with van der Waals surface area (Å²) >= 11 is 0. The van der Waals surface area contributed by atoms with Crippen LogP contribution < -0.4 is 16.0 Å². The molecule has 0 atom stereocenters. The van der Waals surface area contributed by atoms with Crippen molar-refractivity contribution < 1.29 is 0 Å². The van der Waals surface area contributed by atoms with E-state index in [1.54, 1.807) is 6.20 Å². The summed E-state index contributed by atoms with van der Waals surface area (Å²) < 4.78 is 0. The van der Waals surface area contributed by atoms with Gasteiger partial charge >= 0.3 is 0 Å². The topological polar surface area (TPSA) is 78.9 Å². The van der Waals surface area contributed by atoms with Crippen LogP contribution in [0.15, 0.2) is 90.5 Å². The van der Waals surface area contributed by atoms with Gasteiger partial charge in [0.05, 0.1) is 34.3 Å². The average Bonchev–Trinajstić information content (AvgIpc) is 3.62. The molecule has 5 aromatic rings. The van der Waals surface area contributed by atoms with Crippen LogP contribution in [0.4, 0.5) is 5.69 Å². The Bertz CT molecular complexity index is 1830. The van der Waals surface area contributed by atoms with E-state index in [0.29, 0.717) is 0 Å². The summed E-state index contributed by atoms with van der Waals surface area (Å²) in [7, 11) is 0. The van der Waals surface area contributed by atoms with Gasteiger partial charge in [-0.2, -0.15) is 0 Å². The van der Waals surface area contributed by atoms with Crippen LogP contribution in [0.2, 0.25) is 0 Å². The average molecular weight is 527 g/mol. The van der Waals surface area contributed by atoms with Crippen LogP contribution in [-0.4, -0.2) is 19.9 Å². The highest BCUT2D eigenvalue weighted by Crippen LogP contribution is 2.30. The second-order valence-corrected chi connectivity index (χ2v) is 10.7. The van der Waals surface area contributed by atoms with E-state index in [2.05, 4.69) is 64.4 Å². The first-order chi connectivity index (χ1) is 19.6. The molecule has 6 heteroatoms. The number of H-pyrrole nitrogens is 1. The summed E-state index contributed by atoms with van der Waals surface area (Å²) in [6.45, 7) is 6.40. The van der Waals surface area contributed by atoms with Crippen molar-refractivity contribution in [1.29, 1.82) is 0 Å². The van der Waals surface area contributed by atoms with E-state index in [4.69, 9.17) is 9.98 Å². The maximum atomic E-state index is 4.92. The molecule has 5 heterocycles. The Kier molecular flexibility index (Phi) is 7.23. The quantitative estimate of drug-likeness (QED) is 0.260. The van der Waals surface area contributed by atoms with Gasteiger partial charge in [0.1, 0.15) is 11.0 Å². The molecule has 7 rings (SSSR count). The lowest BCUT2D eigenvalue weighted by atomic mass is 10.1. The first-order valence-corrected chi connectivity index (χ1v) is 14.1. The predicted octanol–water partition coefficient (Wildman–Crippen LogP) is 6.93. The minimum atomic E-state index is 0.861. The van der Waals surface area contributed by atoms with Gasteiger partial charge in [0.2, 0.25) is 0 Å². The number of hydrogen-bond acceptors (Lipinski definition) is 5. The number of anilines is 1. The van der Waals surface area contributed by atoms with Crippen molar-refractivity contribution in [3.8, 4) is 22.5 Å². The molecule has 0 unspecified atom stereocenters. The van der Waals surface area contributed by atoms with Crippen molar-refractivity contribution >= 4 is 22.3 Å². The highest BCUT2D eigenvalue weighted by molar-refractivity contribution is 5.95. The number of fused-ring (bicyclic) bond motifs is 2. The molecule has 2 N–H and O–H groups in total. The number of hydrogen-bond donors (Lipinski definition) is 2. The third kappa shape index (κ3) is 5.30. The van der Waals surface area contributed by atoms with Gasteiger partial charge in [0.15, 0.2) is 0 Å². The third-order valence-corrected chi connectivity index (χ3v) is 7.52. The van der Waals surface area contributed by atoms with Crippen molar-refractivity contribution in [2.24, 2.45) is 10.9 Å². The van der Waals surface area contributed by atoms with E-state index in [1.807, 2.05) is 55.9 Å². The third-order valence-electron chi connectivity index (χ3n) is 7.52. The number of allylic oxidation sites excluding steroid dienone is 1. The molecule has 1 saturated carbocycles. The first-order valence-electron chi connectivity index (χ1n) is 14.1. The normalized spacial score (nSPS) is 14.4. The van der Waals surface area contributed by atoms with Crippen molar-refractivity contribution in [3.63, 3.8) is 0 Å². The van der Waals surface area contributed by atoms with E-state index in [-0.39, 0.29) is 0 Å². The summed E-state index contributed by atoms with van der Waals surface area (Å²) in [5, 5.41) is 6.07. The molecule has 0 amide bonds. The van der Waals surface area contributed by atoms with Gasteiger partial charge in [-0.25, -0.2) is 9.98 Å². The smallest absolute Gasteiger partial charge is 0.117 e. The largest absolute Gasteiger partial charge is 0.361 e. The number of rotatable bonds is 5. The fourth-order valence-electron chi connectivity index (χ4n) is 5.36. The molecule has 6 nitrogen and oxygen atoms in total. The fourth-order valence-corrected chi connectivity index (χ4v) is 5.36. The molecular weight excluding hydrogens is 492 g/mol. The highest BCUT2D eigenvalue weighted by Gasteiger charge is 2.17. The van der Waals surface area contributed by atoms with E-state index in [0.717, 1.165) is 67.1 Å². The molecule has 0 radical (unpaired) electrons. The zero-order valence-corrected chi connectivity index (χ0v) is 23.3. The Balaban J connectivity index is 0.000000429. The van der Waals surface area contributed by atoms with Crippen molar-refractivity contribution in [1.82, 2.24) is 19.9 Å². The molecule has 0 saturated heterocycles. The Hall–Kier alpha value is -4.58. The molecule has 200 valence electrons. The molecule has 40 heavy (non-hydrogen) atoms. The molecule has 2 aliphatic rings. The first kappa shape index (κ1) is 25.7. The second kappa shape index (κ2) is 11.3. The van der Waals surface area contributed by atoms with Crippen LogP contribution in [0, 0.1) is 12.8 Å². The summed E-state index contributed by atoms with van der Waals surface area (Å²) in [6, 6.07) is 18.6. The van der Waals surface area contributed by atoms with Crippen LogP contribution in [0.5, 0.6) is 0 Å². The molecule has 1 aliphatic carbocycles. The lowest BCUT2D eigenvalue weighted by Crippen LogP contribution is -2.38. The van der Waals surface area contributed by atoms with Gasteiger partial charge in [-0.1, -0.05) is 62.4 Å². The van der Waals surface area contributed by atoms with Crippen LogP contribution in [0.25, 0.3) is 39.1 Å². The Morgan fingerprint density at radius 1 is 0.975 bits per heavy atom. The number of aromatic nitrogens is 4. The maximum absolute atomic E-state index is 4.92. The van der Waals surface area contributed by atoms with Gasteiger partial charge in [0, 0.05) is 34.4 Å². The minimum Gasteiger partial charge on any atom is -0.361 e. The second-order valence-electron chi connectivity index (χ2n) is 10.7. The molecule has 1 aromatic carbocycles. The number of nitrogens with one attached hydrogen (secondary N) is 2. The number of nitrogens with zero attached hydrogens (tertiary/aromatic N) is 4. The monoisotopic (exact) mass is 526 g/mol. The van der Waals surface area contributed by atoms with Gasteiger partial charge in [0.25, 0.3) is 0 Å². The number of aryl methyl sites for hydroxylation is 1. The number of pyridine rings is 3. The molecule has 1 fully saturated rings. The summed E-state index contributed by atoms with van der Waals surface area (Å²) in [5.41, 5.74) is 8.83. The zero-order valence-electron chi connectivity index (χ0n) is 23.3. The van der Waals surface area contributed by atoms with Crippen LogP contribution in [0.3, 0.4) is 0 Å². The Morgan fingerprint density at radius 3 is 2.62 bits per heavy atom. The molecule has 0 bridgehead atoms. The lowest BCUT2D eigenvalue weighted by molar-refractivity contribution is 0.612. The van der Waals surface area contributed by atoms with Crippen LogP contribution >= 0.6 is 0 Å². The van der Waals surface area contributed by atoms with Crippen molar-refractivity contribution in [2.45, 2.75) is 46.5 Å². The van der Waals surface area contributed by atoms with Gasteiger partial charge in [-0.3, -0.25) is 9.97 Å². The number of aromatic amines is 1. The molecule has 1 aliphatic heterocycles. The summed E-state index contributed by atoms with van der Waals surface area (Å²) in [6.07, 6.45) is 15.2. The van der Waals surface area contributed by atoms with Gasteiger partial charge in [-0.15, -0.1) is 0 Å². The van der Waals surface area contributed by atoms with E-state index >= 15 is 0 Å². The van der Waals surface area contributed by atoms with E-state index in [1.165, 1.54) is 31.2 Å². The van der Waals surface area contributed by atoms with Crippen molar-refractivity contribution in [2.75, 3.05) is 5.32 Å². The summed E-state index contributed by atoms with van der Waals surface area (Å²) in [5.74, 6) is 1.05. The molecule has 4 aromatic heterocycles. The Labute approximate surface area is 234 Å².